The van der Waals surface area contributed by atoms with Crippen LogP contribution >= 0.6 is 0 Å². The maximum absolute atomic E-state index is 5.46. The molecule has 0 radical (unpaired) electrons. The molecule has 0 aliphatic rings. The first kappa shape index (κ1) is 13.7. The maximum atomic E-state index is 5.46. The molecule has 0 spiro atoms. The molecule has 1 unspecified atom stereocenters. The summed E-state index contributed by atoms with van der Waals surface area (Å²) >= 11 is 0. The van der Waals surface area contributed by atoms with Crippen LogP contribution in [0.4, 0.5) is 0 Å². The lowest BCUT2D eigenvalue weighted by Crippen LogP contribution is -2.42. The van der Waals surface area contributed by atoms with Crippen LogP contribution in [0.5, 0.6) is 0 Å². The molecule has 5 nitrogen and oxygen atoms in total. The SMILES string of the molecule is CO[Si](CCC=NC(C)N)(OC)OC. The van der Waals surface area contributed by atoms with E-state index < -0.39 is 8.80 Å². The Labute approximate surface area is 86.6 Å². The van der Waals surface area contributed by atoms with Crippen molar-refractivity contribution in [3.63, 3.8) is 0 Å². The van der Waals surface area contributed by atoms with Crippen molar-refractivity contribution in [2.45, 2.75) is 25.6 Å². The van der Waals surface area contributed by atoms with Gasteiger partial charge in [-0.3, -0.25) is 4.99 Å². The predicted octanol–water partition coefficient (Wildman–Crippen LogP) is 0.630. The lowest BCUT2D eigenvalue weighted by atomic mass is 10.5. The molecule has 0 saturated heterocycles. The van der Waals surface area contributed by atoms with Gasteiger partial charge >= 0.3 is 8.80 Å². The largest absolute Gasteiger partial charge is 0.500 e. The predicted molar refractivity (Wildman–Crippen MR) is 58.3 cm³/mol. The highest BCUT2D eigenvalue weighted by atomic mass is 28.4. The number of hydrogen-bond acceptors (Lipinski definition) is 5. The molecule has 0 fully saturated rings. The van der Waals surface area contributed by atoms with Gasteiger partial charge in [0, 0.05) is 33.6 Å². The Hall–Kier alpha value is -0.273. The topological polar surface area (TPSA) is 66.1 Å². The van der Waals surface area contributed by atoms with Crippen molar-refractivity contribution in [3.05, 3.63) is 0 Å². The smallest absolute Gasteiger partial charge is 0.377 e. The summed E-state index contributed by atoms with van der Waals surface area (Å²) in [4.78, 5) is 4.04. The van der Waals surface area contributed by atoms with Crippen LogP contribution in [0.1, 0.15) is 13.3 Å². The number of rotatable bonds is 7. The summed E-state index contributed by atoms with van der Waals surface area (Å²) in [5.41, 5.74) is 5.46. The van der Waals surface area contributed by atoms with Gasteiger partial charge in [-0.15, -0.1) is 0 Å². The first-order chi connectivity index (χ1) is 6.60. The van der Waals surface area contributed by atoms with Gasteiger partial charge < -0.3 is 19.0 Å². The highest BCUT2D eigenvalue weighted by molar-refractivity contribution is 6.60. The third-order valence-corrected chi connectivity index (χ3v) is 4.62. The van der Waals surface area contributed by atoms with Crippen LogP contribution in [0.25, 0.3) is 0 Å². The number of aliphatic imine (C=N–C) groups is 1. The molecule has 0 aliphatic heterocycles. The number of hydrogen-bond donors (Lipinski definition) is 1. The Morgan fingerprint density at radius 3 is 2.14 bits per heavy atom. The van der Waals surface area contributed by atoms with Crippen molar-refractivity contribution in [2.75, 3.05) is 21.3 Å². The van der Waals surface area contributed by atoms with E-state index in [9.17, 15) is 0 Å². The quantitative estimate of drug-likeness (QED) is 0.505. The average Bonchev–Trinajstić information content (AvgIpc) is 2.19. The zero-order valence-electron chi connectivity index (χ0n) is 9.32. The summed E-state index contributed by atoms with van der Waals surface area (Å²) in [5.74, 6) is 0. The van der Waals surface area contributed by atoms with E-state index in [0.717, 1.165) is 6.42 Å². The molecule has 0 amide bonds. The maximum Gasteiger partial charge on any atom is 0.500 e. The van der Waals surface area contributed by atoms with Gasteiger partial charge in [-0.25, -0.2) is 0 Å². The lowest BCUT2D eigenvalue weighted by Gasteiger charge is -2.23. The standard InChI is InChI=1S/C8H20N2O3Si/c1-8(9)10-6-5-7-14(11-2,12-3)13-4/h6,8H,5,7,9H2,1-4H3. The van der Waals surface area contributed by atoms with Crippen molar-refractivity contribution >= 4 is 15.0 Å². The molecule has 0 aromatic rings. The normalized spacial score (nSPS) is 14.9. The van der Waals surface area contributed by atoms with Crippen LogP contribution in [0.15, 0.2) is 4.99 Å². The van der Waals surface area contributed by atoms with Gasteiger partial charge in [-0.2, -0.15) is 0 Å². The van der Waals surface area contributed by atoms with Crippen molar-refractivity contribution in [3.8, 4) is 0 Å². The number of nitrogens with two attached hydrogens (primary N) is 1. The minimum absolute atomic E-state index is 0.154. The van der Waals surface area contributed by atoms with E-state index in [4.69, 9.17) is 19.0 Å². The monoisotopic (exact) mass is 220 g/mol. The molecular formula is C8H20N2O3Si. The van der Waals surface area contributed by atoms with Crippen LogP contribution < -0.4 is 5.73 Å². The first-order valence-electron chi connectivity index (χ1n) is 4.53. The third kappa shape index (κ3) is 4.82. The van der Waals surface area contributed by atoms with Crippen LogP contribution in [0.3, 0.4) is 0 Å². The average molecular weight is 220 g/mol. The Morgan fingerprint density at radius 1 is 1.29 bits per heavy atom. The van der Waals surface area contributed by atoms with Crippen molar-refractivity contribution in [1.29, 1.82) is 0 Å². The Kier molecular flexibility index (Phi) is 6.94. The van der Waals surface area contributed by atoms with Crippen LogP contribution in [-0.4, -0.2) is 42.5 Å². The van der Waals surface area contributed by atoms with E-state index in [0.29, 0.717) is 6.04 Å². The van der Waals surface area contributed by atoms with Gasteiger partial charge in [0.15, 0.2) is 0 Å². The summed E-state index contributed by atoms with van der Waals surface area (Å²) in [7, 11) is 2.38. The van der Waals surface area contributed by atoms with Gasteiger partial charge in [-0.1, -0.05) is 0 Å². The zero-order chi connectivity index (χ0) is 11.0. The molecule has 84 valence electrons. The van der Waals surface area contributed by atoms with E-state index in [-0.39, 0.29) is 6.17 Å². The van der Waals surface area contributed by atoms with Crippen LogP contribution in [0.2, 0.25) is 6.04 Å². The van der Waals surface area contributed by atoms with Gasteiger partial charge in [-0.05, 0) is 13.3 Å². The van der Waals surface area contributed by atoms with Crippen molar-refractivity contribution in [2.24, 2.45) is 10.7 Å². The van der Waals surface area contributed by atoms with Gasteiger partial charge in [0.25, 0.3) is 0 Å². The molecule has 6 heteroatoms. The molecule has 1 atom stereocenters. The minimum atomic E-state index is -2.42. The molecule has 0 rings (SSSR count). The molecule has 0 heterocycles. The summed E-state index contributed by atoms with van der Waals surface area (Å²) in [6.07, 6.45) is 2.38. The molecular weight excluding hydrogens is 200 g/mol. The van der Waals surface area contributed by atoms with E-state index >= 15 is 0 Å². The summed E-state index contributed by atoms with van der Waals surface area (Å²) in [6, 6.07) is 0.715. The molecule has 0 aliphatic carbocycles. The van der Waals surface area contributed by atoms with Crippen LogP contribution in [0, 0.1) is 0 Å². The molecule has 14 heavy (non-hydrogen) atoms. The second kappa shape index (κ2) is 7.08. The van der Waals surface area contributed by atoms with E-state index in [2.05, 4.69) is 4.99 Å². The second-order valence-corrected chi connectivity index (χ2v) is 6.00. The summed E-state index contributed by atoms with van der Waals surface area (Å²) in [5, 5.41) is 0. The van der Waals surface area contributed by atoms with Crippen LogP contribution in [-0.2, 0) is 13.3 Å². The second-order valence-electron chi connectivity index (χ2n) is 2.91. The third-order valence-electron chi connectivity index (χ3n) is 1.85. The van der Waals surface area contributed by atoms with E-state index in [1.54, 1.807) is 27.5 Å². The molecule has 0 bridgehead atoms. The molecule has 2 N–H and O–H groups in total. The Morgan fingerprint density at radius 2 is 1.79 bits per heavy atom. The summed E-state index contributed by atoms with van der Waals surface area (Å²) in [6.45, 7) is 1.82. The molecule has 0 aromatic heterocycles. The van der Waals surface area contributed by atoms with E-state index in [1.807, 2.05) is 6.92 Å². The fourth-order valence-electron chi connectivity index (χ4n) is 1.04. The van der Waals surface area contributed by atoms with Gasteiger partial charge in [0.2, 0.25) is 0 Å². The van der Waals surface area contributed by atoms with E-state index in [1.165, 1.54) is 0 Å². The fraction of sp³-hybridized carbons (Fsp3) is 0.875. The number of nitrogens with zero attached hydrogens (tertiary/aromatic N) is 1. The zero-order valence-corrected chi connectivity index (χ0v) is 10.3. The lowest BCUT2D eigenvalue weighted by molar-refractivity contribution is 0.124. The highest BCUT2D eigenvalue weighted by Gasteiger charge is 2.36. The first-order valence-corrected chi connectivity index (χ1v) is 6.46. The van der Waals surface area contributed by atoms with Gasteiger partial charge in [0.05, 0.1) is 6.17 Å². The summed E-state index contributed by atoms with van der Waals surface area (Å²) < 4.78 is 15.7. The van der Waals surface area contributed by atoms with Gasteiger partial charge in [0.1, 0.15) is 0 Å². The van der Waals surface area contributed by atoms with Crippen molar-refractivity contribution < 1.29 is 13.3 Å². The molecule has 0 aromatic carbocycles. The highest BCUT2D eigenvalue weighted by Crippen LogP contribution is 2.13. The Bertz CT molecular complexity index is 164. The fourth-order valence-corrected chi connectivity index (χ4v) is 2.63. The minimum Gasteiger partial charge on any atom is -0.377 e. The molecule has 0 saturated carbocycles. The van der Waals surface area contributed by atoms with Crippen molar-refractivity contribution in [1.82, 2.24) is 0 Å². The Balaban J connectivity index is 3.94.